The van der Waals surface area contributed by atoms with Gasteiger partial charge in [0, 0.05) is 24.3 Å². The number of carbonyl (C=O) groups excluding carboxylic acids is 1. The Morgan fingerprint density at radius 3 is 2.85 bits per heavy atom. The summed E-state index contributed by atoms with van der Waals surface area (Å²) in [5, 5.41) is 6.64. The number of hydrogen-bond donors (Lipinski definition) is 1. The molecule has 4 nitrogen and oxygen atoms in total. The Balaban J connectivity index is 1.73. The number of nitrogens with zero attached hydrogens (tertiary/aromatic N) is 2. The third kappa shape index (κ3) is 2.38. The molecule has 0 unspecified atom stereocenters. The van der Waals surface area contributed by atoms with Gasteiger partial charge in [0.1, 0.15) is 5.69 Å². The molecular formula is C20H23F2N3O. The molecule has 1 heterocycles. The maximum atomic E-state index is 13.2. The summed E-state index contributed by atoms with van der Waals surface area (Å²) in [6.07, 6.45) is 1.98. The van der Waals surface area contributed by atoms with Crippen molar-refractivity contribution in [2.24, 2.45) is 13.0 Å². The predicted octanol–water partition coefficient (Wildman–Crippen LogP) is 4.78. The average Bonchev–Trinajstić information content (AvgIpc) is 3.27. The van der Waals surface area contributed by atoms with Gasteiger partial charge in [-0.05, 0) is 48.3 Å². The number of hydrogen-bond acceptors (Lipinski definition) is 2. The van der Waals surface area contributed by atoms with Gasteiger partial charge in [0.05, 0.1) is 5.56 Å². The van der Waals surface area contributed by atoms with E-state index in [0.29, 0.717) is 11.8 Å². The molecule has 2 atom stereocenters. The molecule has 0 saturated heterocycles. The van der Waals surface area contributed by atoms with E-state index in [1.54, 1.807) is 0 Å². The Hall–Kier alpha value is -2.24. The molecule has 1 saturated carbocycles. The Labute approximate surface area is 151 Å². The molecule has 2 aliphatic carbocycles. The van der Waals surface area contributed by atoms with Gasteiger partial charge in [-0.25, -0.2) is 8.78 Å². The smallest absolute Gasteiger partial charge is 0.282 e. The number of aryl methyl sites for hydroxylation is 1. The zero-order valence-electron chi connectivity index (χ0n) is 15.2. The molecule has 1 fully saturated rings. The number of aromatic nitrogens is 2. The molecule has 1 aromatic heterocycles. The van der Waals surface area contributed by atoms with Gasteiger partial charge >= 0.3 is 0 Å². The minimum Gasteiger partial charge on any atom is -0.322 e. The number of alkyl halides is 2. The highest BCUT2D eigenvalue weighted by molar-refractivity contribution is 6.05. The summed E-state index contributed by atoms with van der Waals surface area (Å²) in [6, 6.07) is 5.98. The summed E-state index contributed by atoms with van der Waals surface area (Å²) >= 11 is 0. The molecule has 138 valence electrons. The van der Waals surface area contributed by atoms with E-state index >= 15 is 0 Å². The Bertz CT molecular complexity index is 874. The van der Waals surface area contributed by atoms with Gasteiger partial charge in [-0.2, -0.15) is 5.10 Å². The molecule has 0 spiro atoms. The van der Waals surface area contributed by atoms with Crippen LogP contribution in [0.15, 0.2) is 24.4 Å². The van der Waals surface area contributed by atoms with Gasteiger partial charge in [0.15, 0.2) is 0 Å². The number of halogens is 2. The zero-order valence-corrected chi connectivity index (χ0v) is 15.2. The van der Waals surface area contributed by atoms with Gasteiger partial charge in [0.2, 0.25) is 0 Å². The second-order valence-electron chi connectivity index (χ2n) is 7.88. The highest BCUT2D eigenvalue weighted by Crippen LogP contribution is 2.62. The quantitative estimate of drug-likeness (QED) is 0.853. The minimum atomic E-state index is -2.78. The largest absolute Gasteiger partial charge is 0.322 e. The maximum absolute atomic E-state index is 13.2. The normalized spacial score (nSPS) is 23.7. The lowest BCUT2D eigenvalue weighted by atomic mass is 9.70. The third-order valence-corrected chi connectivity index (χ3v) is 6.25. The SMILES string of the molecule is CC(C)[C@]12CC[C@H](C1)c1cccc(NC(=O)c3cn(C)nc3C(F)F)c12. The van der Waals surface area contributed by atoms with E-state index in [9.17, 15) is 13.6 Å². The summed E-state index contributed by atoms with van der Waals surface area (Å²) in [5.74, 6) is 0.476. The zero-order chi connectivity index (χ0) is 18.6. The first-order chi connectivity index (χ1) is 12.3. The molecule has 4 rings (SSSR count). The fraction of sp³-hybridized carbons (Fsp3) is 0.500. The monoisotopic (exact) mass is 359 g/mol. The molecule has 1 amide bonds. The average molecular weight is 359 g/mol. The number of benzene rings is 1. The first-order valence-corrected chi connectivity index (χ1v) is 9.10. The summed E-state index contributed by atoms with van der Waals surface area (Å²) < 4.78 is 27.6. The molecule has 2 aromatic rings. The molecule has 0 aliphatic heterocycles. The van der Waals surface area contributed by atoms with Gasteiger partial charge in [0.25, 0.3) is 12.3 Å². The molecule has 1 N–H and O–H groups in total. The number of carbonyl (C=O) groups is 1. The molecule has 1 aromatic carbocycles. The van der Waals surface area contributed by atoms with E-state index < -0.39 is 18.0 Å². The number of fused-ring (bicyclic) bond motifs is 5. The first-order valence-electron chi connectivity index (χ1n) is 9.10. The number of rotatable bonds is 4. The number of nitrogens with one attached hydrogen (secondary N) is 1. The second-order valence-corrected chi connectivity index (χ2v) is 7.88. The van der Waals surface area contributed by atoms with Crippen molar-refractivity contribution < 1.29 is 13.6 Å². The van der Waals surface area contributed by atoms with Crippen molar-refractivity contribution in [3.05, 3.63) is 46.8 Å². The van der Waals surface area contributed by atoms with Crippen LogP contribution in [0.5, 0.6) is 0 Å². The predicted molar refractivity (Wildman–Crippen MR) is 95.7 cm³/mol. The summed E-state index contributed by atoms with van der Waals surface area (Å²) in [7, 11) is 1.54. The van der Waals surface area contributed by atoms with Crippen LogP contribution in [0.2, 0.25) is 0 Å². The van der Waals surface area contributed by atoms with Gasteiger partial charge < -0.3 is 5.32 Å². The summed E-state index contributed by atoms with van der Waals surface area (Å²) in [4.78, 5) is 12.7. The lowest BCUT2D eigenvalue weighted by Gasteiger charge is -2.35. The van der Waals surface area contributed by atoms with Crippen LogP contribution in [0.1, 0.15) is 72.6 Å². The Kier molecular flexibility index (Phi) is 3.90. The van der Waals surface area contributed by atoms with Crippen molar-refractivity contribution in [2.75, 3.05) is 5.32 Å². The molecule has 2 aliphatic rings. The van der Waals surface area contributed by atoms with Crippen LogP contribution < -0.4 is 5.32 Å². The topological polar surface area (TPSA) is 46.9 Å². The van der Waals surface area contributed by atoms with E-state index in [4.69, 9.17) is 0 Å². The van der Waals surface area contributed by atoms with Crippen LogP contribution in [-0.2, 0) is 12.5 Å². The van der Waals surface area contributed by atoms with E-state index in [2.05, 4.69) is 30.3 Å². The summed E-state index contributed by atoms with van der Waals surface area (Å²) in [6.45, 7) is 4.46. The van der Waals surface area contributed by atoms with Crippen molar-refractivity contribution >= 4 is 11.6 Å². The van der Waals surface area contributed by atoms with Crippen LogP contribution in [0.3, 0.4) is 0 Å². The van der Waals surface area contributed by atoms with Crippen molar-refractivity contribution in [1.82, 2.24) is 9.78 Å². The maximum Gasteiger partial charge on any atom is 0.282 e. The van der Waals surface area contributed by atoms with Gasteiger partial charge in [-0.3, -0.25) is 9.48 Å². The fourth-order valence-electron chi connectivity index (χ4n) is 4.98. The molecular weight excluding hydrogens is 336 g/mol. The van der Waals surface area contributed by atoms with Crippen LogP contribution in [0.4, 0.5) is 14.5 Å². The number of anilines is 1. The van der Waals surface area contributed by atoms with Gasteiger partial charge in [-0.15, -0.1) is 0 Å². The highest BCUT2D eigenvalue weighted by Gasteiger charge is 2.51. The van der Waals surface area contributed by atoms with Crippen LogP contribution in [-0.4, -0.2) is 15.7 Å². The van der Waals surface area contributed by atoms with Crippen molar-refractivity contribution in [1.29, 1.82) is 0 Å². The van der Waals surface area contributed by atoms with E-state index in [0.717, 1.165) is 18.5 Å². The fourth-order valence-corrected chi connectivity index (χ4v) is 4.98. The van der Waals surface area contributed by atoms with Crippen LogP contribution in [0, 0.1) is 5.92 Å². The molecule has 2 bridgehead atoms. The highest BCUT2D eigenvalue weighted by atomic mass is 19.3. The lowest BCUT2D eigenvalue weighted by Crippen LogP contribution is -2.29. The van der Waals surface area contributed by atoms with Crippen molar-refractivity contribution in [2.45, 2.75) is 50.9 Å². The summed E-state index contributed by atoms with van der Waals surface area (Å²) in [5.41, 5.74) is 2.81. The van der Waals surface area contributed by atoms with E-state index in [-0.39, 0.29) is 11.0 Å². The molecule has 6 heteroatoms. The van der Waals surface area contributed by atoms with Crippen LogP contribution in [0.25, 0.3) is 0 Å². The third-order valence-electron chi connectivity index (χ3n) is 6.25. The molecule has 0 radical (unpaired) electrons. The van der Waals surface area contributed by atoms with Crippen molar-refractivity contribution in [3.63, 3.8) is 0 Å². The minimum absolute atomic E-state index is 0.0677. The Morgan fingerprint density at radius 1 is 1.38 bits per heavy atom. The van der Waals surface area contributed by atoms with E-state index in [1.165, 1.54) is 35.5 Å². The lowest BCUT2D eigenvalue weighted by molar-refractivity contribution is 0.101. The van der Waals surface area contributed by atoms with E-state index in [1.807, 2.05) is 12.1 Å². The standard InChI is InChI=1S/C20H23F2N3O/c1-11(2)20-8-7-12(9-20)13-5-4-6-15(16(13)20)23-19(26)14-10-25(3)24-17(14)18(21)22/h4-6,10-12,18H,7-9H2,1-3H3,(H,23,26)/t12-,20+/m1/s1. The van der Waals surface area contributed by atoms with Gasteiger partial charge in [-0.1, -0.05) is 26.0 Å². The molecule has 26 heavy (non-hydrogen) atoms. The second kappa shape index (κ2) is 5.89. The number of amides is 1. The Morgan fingerprint density at radius 2 is 2.15 bits per heavy atom. The van der Waals surface area contributed by atoms with Crippen LogP contribution >= 0.6 is 0 Å². The first kappa shape index (κ1) is 17.2. The van der Waals surface area contributed by atoms with Crippen molar-refractivity contribution in [3.8, 4) is 0 Å².